The molecule has 2 atom stereocenters. The van der Waals surface area contributed by atoms with Crippen LogP contribution in [0.1, 0.15) is 18.4 Å². The fourth-order valence-electron chi connectivity index (χ4n) is 1.79. The Hall–Kier alpha value is -0.500. The zero-order valence-corrected chi connectivity index (χ0v) is 12.3. The van der Waals surface area contributed by atoms with E-state index < -0.39 is 6.17 Å². The van der Waals surface area contributed by atoms with Crippen molar-refractivity contribution in [3.63, 3.8) is 0 Å². The summed E-state index contributed by atoms with van der Waals surface area (Å²) < 4.78 is 19.2. The number of halogens is 3. The van der Waals surface area contributed by atoms with Crippen molar-refractivity contribution in [3.05, 3.63) is 21.8 Å². The molecule has 18 heavy (non-hydrogen) atoms. The molecule has 8 heteroatoms. The summed E-state index contributed by atoms with van der Waals surface area (Å²) >= 11 is 4.91. The quantitative estimate of drug-likeness (QED) is 0.898. The van der Waals surface area contributed by atoms with Gasteiger partial charge in [0.15, 0.2) is 0 Å². The van der Waals surface area contributed by atoms with E-state index in [1.165, 1.54) is 11.3 Å². The summed E-state index contributed by atoms with van der Waals surface area (Å²) in [7, 11) is 0. The van der Waals surface area contributed by atoms with Crippen LogP contribution in [0.15, 0.2) is 20.4 Å². The standard InChI is InChI=1S/C10H9BrFN3OS.ClH/c11-5-1-8(17-4-5)9-14-10(16-15-9)7-2-6(12)3-13-7;/h1,4,6-7,13H,2-3H2;1H/t6-,7+;/m0./s1. The second-order valence-electron chi connectivity index (χ2n) is 3.88. The predicted molar refractivity (Wildman–Crippen MR) is 72.8 cm³/mol. The Bertz CT molecular complexity index is 535. The Morgan fingerprint density at radius 3 is 3.00 bits per heavy atom. The van der Waals surface area contributed by atoms with Crippen molar-refractivity contribution in [3.8, 4) is 10.7 Å². The topological polar surface area (TPSA) is 51.0 Å². The number of nitrogens with zero attached hydrogens (tertiary/aromatic N) is 2. The maximum Gasteiger partial charge on any atom is 0.244 e. The van der Waals surface area contributed by atoms with Gasteiger partial charge in [0, 0.05) is 22.8 Å². The van der Waals surface area contributed by atoms with Gasteiger partial charge >= 0.3 is 0 Å². The number of nitrogens with one attached hydrogen (secondary N) is 1. The van der Waals surface area contributed by atoms with E-state index in [1.807, 2.05) is 11.4 Å². The highest BCUT2D eigenvalue weighted by atomic mass is 79.9. The van der Waals surface area contributed by atoms with Crippen LogP contribution in [0.5, 0.6) is 0 Å². The highest BCUT2D eigenvalue weighted by Gasteiger charge is 2.29. The molecule has 1 saturated heterocycles. The molecule has 1 N–H and O–H groups in total. The number of rotatable bonds is 2. The van der Waals surface area contributed by atoms with Gasteiger partial charge < -0.3 is 9.84 Å². The number of thiophene rings is 1. The molecule has 3 heterocycles. The lowest BCUT2D eigenvalue weighted by Crippen LogP contribution is -2.14. The number of aromatic nitrogens is 2. The Morgan fingerprint density at radius 1 is 1.56 bits per heavy atom. The van der Waals surface area contributed by atoms with Crippen molar-refractivity contribution in [1.82, 2.24) is 15.5 Å². The molecule has 1 aliphatic heterocycles. The largest absolute Gasteiger partial charge is 0.337 e. The van der Waals surface area contributed by atoms with E-state index in [2.05, 4.69) is 31.4 Å². The van der Waals surface area contributed by atoms with Crippen LogP contribution >= 0.6 is 39.7 Å². The molecule has 1 fully saturated rings. The smallest absolute Gasteiger partial charge is 0.244 e. The van der Waals surface area contributed by atoms with Crippen molar-refractivity contribution in [2.45, 2.75) is 18.6 Å². The second kappa shape index (κ2) is 5.64. The van der Waals surface area contributed by atoms with Gasteiger partial charge in [0.2, 0.25) is 11.7 Å². The molecule has 0 aromatic carbocycles. The molecule has 0 spiro atoms. The minimum Gasteiger partial charge on any atom is -0.337 e. The lowest BCUT2D eigenvalue weighted by Gasteiger charge is -2.00. The third kappa shape index (κ3) is 2.74. The van der Waals surface area contributed by atoms with E-state index >= 15 is 0 Å². The zero-order chi connectivity index (χ0) is 11.8. The van der Waals surface area contributed by atoms with Gasteiger partial charge in [-0.15, -0.1) is 23.7 Å². The van der Waals surface area contributed by atoms with E-state index in [1.54, 1.807) is 0 Å². The third-order valence-electron chi connectivity index (χ3n) is 2.60. The monoisotopic (exact) mass is 353 g/mol. The van der Waals surface area contributed by atoms with Crippen molar-refractivity contribution in [2.75, 3.05) is 6.54 Å². The molecule has 0 saturated carbocycles. The van der Waals surface area contributed by atoms with Gasteiger partial charge in [0.25, 0.3) is 0 Å². The Balaban J connectivity index is 0.00000120. The van der Waals surface area contributed by atoms with Crippen LogP contribution in [-0.2, 0) is 0 Å². The molecule has 0 aliphatic carbocycles. The number of hydrogen-bond donors (Lipinski definition) is 1. The summed E-state index contributed by atoms with van der Waals surface area (Å²) in [5.74, 6) is 1.02. The van der Waals surface area contributed by atoms with E-state index in [0.29, 0.717) is 24.7 Å². The number of alkyl halides is 1. The maximum absolute atomic E-state index is 13.0. The van der Waals surface area contributed by atoms with Crippen LogP contribution in [0.4, 0.5) is 4.39 Å². The van der Waals surface area contributed by atoms with Gasteiger partial charge in [-0.3, -0.25) is 0 Å². The molecule has 2 aromatic heterocycles. The van der Waals surface area contributed by atoms with Gasteiger partial charge in [0.1, 0.15) is 6.17 Å². The molecule has 1 aliphatic rings. The van der Waals surface area contributed by atoms with Crippen LogP contribution in [-0.4, -0.2) is 22.9 Å². The Labute approximate surface area is 122 Å². The highest BCUT2D eigenvalue weighted by molar-refractivity contribution is 9.10. The van der Waals surface area contributed by atoms with Gasteiger partial charge in [-0.05, 0) is 22.0 Å². The van der Waals surface area contributed by atoms with E-state index in [0.717, 1.165) is 9.35 Å². The van der Waals surface area contributed by atoms with Crippen LogP contribution < -0.4 is 5.32 Å². The SMILES string of the molecule is Cl.F[C@@H]1CN[C@@H](c2nc(-c3cc(Br)cs3)no2)C1. The summed E-state index contributed by atoms with van der Waals surface area (Å²) in [6.07, 6.45) is -0.429. The molecule has 0 unspecified atom stereocenters. The van der Waals surface area contributed by atoms with Gasteiger partial charge in [-0.1, -0.05) is 5.16 Å². The maximum atomic E-state index is 13.0. The first-order chi connectivity index (χ1) is 8.22. The fraction of sp³-hybridized carbons (Fsp3) is 0.400. The lowest BCUT2D eigenvalue weighted by atomic mass is 10.2. The number of hydrogen-bond acceptors (Lipinski definition) is 5. The predicted octanol–water partition coefficient (Wildman–Crippen LogP) is 3.35. The van der Waals surface area contributed by atoms with Gasteiger partial charge in [-0.2, -0.15) is 4.98 Å². The highest BCUT2D eigenvalue weighted by Crippen LogP contribution is 2.30. The average molecular weight is 355 g/mol. The van der Waals surface area contributed by atoms with E-state index in [4.69, 9.17) is 4.52 Å². The molecular weight excluding hydrogens is 345 g/mol. The van der Waals surface area contributed by atoms with Crippen molar-refractivity contribution in [1.29, 1.82) is 0 Å². The van der Waals surface area contributed by atoms with Gasteiger partial charge in [-0.25, -0.2) is 4.39 Å². The van der Waals surface area contributed by atoms with Crippen LogP contribution in [0.25, 0.3) is 10.7 Å². The van der Waals surface area contributed by atoms with Crippen LogP contribution in [0, 0.1) is 0 Å². The minimum atomic E-state index is -0.828. The molecule has 4 nitrogen and oxygen atoms in total. The third-order valence-corrected chi connectivity index (χ3v) is 4.29. The Kier molecular flexibility index (Phi) is 4.37. The van der Waals surface area contributed by atoms with Crippen LogP contribution in [0.2, 0.25) is 0 Å². The molecule has 0 amide bonds. The zero-order valence-electron chi connectivity index (χ0n) is 9.10. The molecule has 0 bridgehead atoms. The van der Waals surface area contributed by atoms with Crippen LogP contribution in [0.3, 0.4) is 0 Å². The van der Waals surface area contributed by atoms with Crippen molar-refractivity contribution < 1.29 is 8.91 Å². The summed E-state index contributed by atoms with van der Waals surface area (Å²) in [5.41, 5.74) is 0. The van der Waals surface area contributed by atoms with Gasteiger partial charge in [0.05, 0.1) is 10.9 Å². The fourth-order valence-corrected chi connectivity index (χ4v) is 3.14. The van der Waals surface area contributed by atoms with Crippen molar-refractivity contribution >= 4 is 39.7 Å². The minimum absolute atomic E-state index is 0. The molecular formula is C10H10BrClFN3OS. The molecule has 2 aromatic rings. The normalized spacial score (nSPS) is 23.0. The summed E-state index contributed by atoms with van der Waals surface area (Å²) in [4.78, 5) is 5.23. The molecule has 0 radical (unpaired) electrons. The average Bonchev–Trinajstić information content (AvgIpc) is 2.96. The summed E-state index contributed by atoms with van der Waals surface area (Å²) in [6, 6.07) is 1.77. The first kappa shape index (κ1) is 13.9. The summed E-state index contributed by atoms with van der Waals surface area (Å²) in [5, 5.41) is 8.88. The first-order valence-electron chi connectivity index (χ1n) is 5.18. The molecule has 3 rings (SSSR count). The second-order valence-corrected chi connectivity index (χ2v) is 5.71. The lowest BCUT2D eigenvalue weighted by molar-refractivity contribution is 0.324. The Morgan fingerprint density at radius 2 is 2.39 bits per heavy atom. The summed E-state index contributed by atoms with van der Waals surface area (Å²) in [6.45, 7) is 0.354. The first-order valence-corrected chi connectivity index (χ1v) is 6.85. The van der Waals surface area contributed by atoms with E-state index in [9.17, 15) is 4.39 Å². The van der Waals surface area contributed by atoms with E-state index in [-0.39, 0.29) is 18.4 Å². The van der Waals surface area contributed by atoms with Crippen molar-refractivity contribution in [2.24, 2.45) is 0 Å². The molecule has 98 valence electrons.